The number of ether oxygens (including phenoxy) is 1. The smallest absolute Gasteiger partial charge is 0.239 e. The van der Waals surface area contributed by atoms with Gasteiger partial charge in [0.05, 0.1) is 13.2 Å². The van der Waals surface area contributed by atoms with E-state index in [2.05, 4.69) is 15.5 Å². The molecule has 0 aromatic rings. The predicted octanol–water partition coefficient (Wildman–Crippen LogP) is -0.815. The van der Waals surface area contributed by atoms with E-state index < -0.39 is 0 Å². The first kappa shape index (κ1) is 11.8. The Labute approximate surface area is 96.5 Å². The lowest BCUT2D eigenvalue weighted by molar-refractivity contribution is -0.132. The third kappa shape index (κ3) is 2.72. The van der Waals surface area contributed by atoms with Gasteiger partial charge in [0, 0.05) is 26.2 Å². The highest BCUT2D eigenvalue weighted by atomic mass is 16.5. The van der Waals surface area contributed by atoms with E-state index in [0.29, 0.717) is 12.6 Å². The van der Waals surface area contributed by atoms with Crippen LogP contribution in [0.1, 0.15) is 12.8 Å². The van der Waals surface area contributed by atoms with Crippen molar-refractivity contribution in [1.29, 1.82) is 0 Å². The Morgan fingerprint density at radius 2 is 2.50 bits per heavy atom. The highest BCUT2D eigenvalue weighted by Gasteiger charge is 2.30. The molecule has 16 heavy (non-hydrogen) atoms. The van der Waals surface area contributed by atoms with Crippen molar-refractivity contribution in [2.45, 2.75) is 24.9 Å². The van der Waals surface area contributed by atoms with Crippen molar-refractivity contribution in [2.24, 2.45) is 0 Å². The van der Waals surface area contributed by atoms with Crippen LogP contribution < -0.4 is 10.6 Å². The zero-order chi connectivity index (χ0) is 11.4. The number of rotatable bonds is 3. The van der Waals surface area contributed by atoms with E-state index in [0.717, 1.165) is 26.2 Å². The fraction of sp³-hybridized carbons (Fsp3) is 0.909. The molecule has 0 aliphatic carbocycles. The van der Waals surface area contributed by atoms with Gasteiger partial charge >= 0.3 is 0 Å². The minimum absolute atomic E-state index is 0.0673. The van der Waals surface area contributed by atoms with Crippen LogP contribution >= 0.6 is 0 Å². The van der Waals surface area contributed by atoms with Crippen molar-refractivity contribution < 1.29 is 9.53 Å². The molecule has 92 valence electrons. The molecule has 2 saturated heterocycles. The van der Waals surface area contributed by atoms with E-state index in [1.807, 2.05) is 0 Å². The van der Waals surface area contributed by atoms with Crippen LogP contribution in [0.5, 0.6) is 0 Å². The fourth-order valence-corrected chi connectivity index (χ4v) is 2.46. The number of likely N-dealkylation sites (N-methyl/N-ethyl adjacent to an activating group) is 1. The molecule has 0 spiro atoms. The Bertz CT molecular complexity index is 241. The van der Waals surface area contributed by atoms with Gasteiger partial charge in [0.2, 0.25) is 5.91 Å². The SMILES string of the molecule is CNC(=O)C1COCCN1C[C@@H]1CCCN1. The van der Waals surface area contributed by atoms with Crippen molar-refractivity contribution >= 4 is 5.91 Å². The van der Waals surface area contributed by atoms with Crippen molar-refractivity contribution in [2.75, 3.05) is 39.9 Å². The van der Waals surface area contributed by atoms with Crippen LogP contribution in [0.3, 0.4) is 0 Å². The molecule has 2 atom stereocenters. The molecule has 1 amide bonds. The number of hydrogen-bond acceptors (Lipinski definition) is 4. The lowest BCUT2D eigenvalue weighted by atomic mass is 10.1. The summed E-state index contributed by atoms with van der Waals surface area (Å²) in [5, 5.41) is 6.18. The van der Waals surface area contributed by atoms with Gasteiger partial charge in [-0.3, -0.25) is 9.69 Å². The molecular weight excluding hydrogens is 206 g/mol. The molecule has 2 aliphatic heterocycles. The van der Waals surface area contributed by atoms with Crippen molar-refractivity contribution in [3.8, 4) is 0 Å². The predicted molar refractivity (Wildman–Crippen MR) is 61.3 cm³/mol. The molecule has 0 saturated carbocycles. The van der Waals surface area contributed by atoms with Gasteiger partial charge in [0.25, 0.3) is 0 Å². The second-order valence-electron chi connectivity index (χ2n) is 4.49. The highest BCUT2D eigenvalue weighted by molar-refractivity contribution is 5.81. The van der Waals surface area contributed by atoms with Gasteiger partial charge in [-0.15, -0.1) is 0 Å². The van der Waals surface area contributed by atoms with Gasteiger partial charge in [-0.25, -0.2) is 0 Å². The van der Waals surface area contributed by atoms with Crippen molar-refractivity contribution in [3.05, 3.63) is 0 Å². The lowest BCUT2D eigenvalue weighted by Gasteiger charge is -2.35. The van der Waals surface area contributed by atoms with Crippen LogP contribution in [0, 0.1) is 0 Å². The van der Waals surface area contributed by atoms with Crippen LogP contribution in [-0.2, 0) is 9.53 Å². The maximum Gasteiger partial charge on any atom is 0.239 e. The lowest BCUT2D eigenvalue weighted by Crippen LogP contribution is -2.55. The van der Waals surface area contributed by atoms with Gasteiger partial charge in [0.1, 0.15) is 6.04 Å². The molecule has 2 fully saturated rings. The molecule has 0 aromatic carbocycles. The zero-order valence-corrected chi connectivity index (χ0v) is 9.87. The van der Waals surface area contributed by atoms with Gasteiger partial charge in [-0.05, 0) is 19.4 Å². The quantitative estimate of drug-likeness (QED) is 0.662. The summed E-state index contributed by atoms with van der Waals surface area (Å²) in [6.45, 7) is 4.18. The van der Waals surface area contributed by atoms with E-state index >= 15 is 0 Å². The standard InChI is InChI=1S/C11H21N3O2/c1-12-11(15)10-8-16-6-5-14(10)7-9-3-2-4-13-9/h9-10,13H,2-8H2,1H3,(H,12,15)/t9-,10?/m0/s1. The Hall–Kier alpha value is -0.650. The Morgan fingerprint density at radius 1 is 1.62 bits per heavy atom. The van der Waals surface area contributed by atoms with Crippen molar-refractivity contribution in [3.63, 3.8) is 0 Å². The summed E-state index contributed by atoms with van der Waals surface area (Å²) in [4.78, 5) is 13.9. The number of nitrogens with zero attached hydrogens (tertiary/aromatic N) is 1. The molecule has 1 unspecified atom stereocenters. The van der Waals surface area contributed by atoms with E-state index in [1.54, 1.807) is 7.05 Å². The molecule has 0 bridgehead atoms. The van der Waals surface area contributed by atoms with Crippen LogP contribution in [-0.4, -0.2) is 62.8 Å². The minimum Gasteiger partial charge on any atom is -0.378 e. The topological polar surface area (TPSA) is 53.6 Å². The number of morpholine rings is 1. The average molecular weight is 227 g/mol. The number of nitrogens with one attached hydrogen (secondary N) is 2. The Morgan fingerprint density at radius 3 is 3.19 bits per heavy atom. The van der Waals surface area contributed by atoms with Crippen LogP contribution in [0.25, 0.3) is 0 Å². The van der Waals surface area contributed by atoms with Gasteiger partial charge in [-0.2, -0.15) is 0 Å². The van der Waals surface area contributed by atoms with E-state index in [1.165, 1.54) is 12.8 Å². The van der Waals surface area contributed by atoms with Gasteiger partial charge < -0.3 is 15.4 Å². The molecule has 2 N–H and O–H groups in total. The summed E-state index contributed by atoms with van der Waals surface area (Å²) >= 11 is 0. The molecule has 2 rings (SSSR count). The van der Waals surface area contributed by atoms with E-state index in [-0.39, 0.29) is 11.9 Å². The zero-order valence-electron chi connectivity index (χ0n) is 9.87. The van der Waals surface area contributed by atoms with Crippen LogP contribution in [0.2, 0.25) is 0 Å². The maximum absolute atomic E-state index is 11.7. The van der Waals surface area contributed by atoms with E-state index in [4.69, 9.17) is 4.74 Å². The largest absolute Gasteiger partial charge is 0.378 e. The number of hydrogen-bond donors (Lipinski definition) is 2. The first-order valence-corrected chi connectivity index (χ1v) is 6.08. The normalized spacial score (nSPS) is 31.6. The minimum atomic E-state index is -0.110. The summed E-state index contributed by atoms with van der Waals surface area (Å²) in [7, 11) is 1.68. The number of carbonyl (C=O) groups excluding carboxylic acids is 1. The average Bonchev–Trinajstić information content (AvgIpc) is 2.82. The molecular formula is C11H21N3O2. The number of carbonyl (C=O) groups is 1. The first-order valence-electron chi connectivity index (χ1n) is 6.08. The summed E-state index contributed by atoms with van der Waals surface area (Å²) < 4.78 is 5.38. The van der Waals surface area contributed by atoms with Gasteiger partial charge in [0.15, 0.2) is 0 Å². The molecule has 2 aliphatic rings. The van der Waals surface area contributed by atoms with Gasteiger partial charge in [-0.1, -0.05) is 0 Å². The third-order valence-electron chi connectivity index (χ3n) is 3.41. The molecule has 2 heterocycles. The maximum atomic E-state index is 11.7. The van der Waals surface area contributed by atoms with Crippen molar-refractivity contribution in [1.82, 2.24) is 15.5 Å². The molecule has 5 nitrogen and oxygen atoms in total. The monoisotopic (exact) mass is 227 g/mol. The second kappa shape index (κ2) is 5.61. The third-order valence-corrected chi connectivity index (χ3v) is 3.41. The molecule has 0 aromatic heterocycles. The second-order valence-corrected chi connectivity index (χ2v) is 4.49. The molecule has 0 radical (unpaired) electrons. The summed E-state index contributed by atoms with van der Waals surface area (Å²) in [5.41, 5.74) is 0. The van der Waals surface area contributed by atoms with Crippen LogP contribution in [0.4, 0.5) is 0 Å². The molecule has 5 heteroatoms. The summed E-state index contributed by atoms with van der Waals surface area (Å²) in [5.74, 6) is 0.0673. The van der Waals surface area contributed by atoms with Crippen LogP contribution in [0.15, 0.2) is 0 Å². The van der Waals surface area contributed by atoms with E-state index in [9.17, 15) is 4.79 Å². The highest BCUT2D eigenvalue weighted by Crippen LogP contribution is 2.12. The Kier molecular flexibility index (Phi) is 4.15. The summed E-state index contributed by atoms with van der Waals surface area (Å²) in [6, 6.07) is 0.436. The first-order chi connectivity index (χ1) is 7.81. The Balaban J connectivity index is 1.90. The number of amides is 1. The fourth-order valence-electron chi connectivity index (χ4n) is 2.46. The summed E-state index contributed by atoms with van der Waals surface area (Å²) in [6.07, 6.45) is 2.47.